The normalized spacial score (nSPS) is 19.7. The molecule has 0 spiro atoms. The minimum absolute atomic E-state index is 0.164. The van der Waals surface area contributed by atoms with Gasteiger partial charge in [-0.15, -0.1) is 0 Å². The van der Waals surface area contributed by atoms with Gasteiger partial charge in [0.05, 0.1) is 5.92 Å². The van der Waals surface area contributed by atoms with Gasteiger partial charge >= 0.3 is 0 Å². The molecule has 0 amide bonds. The molecule has 3 heteroatoms. The third-order valence-electron chi connectivity index (χ3n) is 5.14. The summed E-state index contributed by atoms with van der Waals surface area (Å²) in [7, 11) is 0. The Labute approximate surface area is 145 Å². The minimum Gasteiger partial charge on any atom is -0.307 e. The van der Waals surface area contributed by atoms with Crippen molar-refractivity contribution in [2.24, 2.45) is 17.4 Å². The van der Waals surface area contributed by atoms with Gasteiger partial charge in [0.25, 0.3) is 0 Å². The number of Topliss-reactive ketones (excluding diaryl/α,β-unsaturated/α-hetero) is 1. The van der Waals surface area contributed by atoms with Crippen molar-refractivity contribution in [3.05, 3.63) is 58.2 Å². The molecule has 1 aromatic rings. The highest BCUT2D eigenvalue weighted by Gasteiger charge is 2.34. The molecule has 1 aliphatic carbocycles. The van der Waals surface area contributed by atoms with Crippen molar-refractivity contribution >= 4 is 5.78 Å². The molecular formula is C21H30N2O. The van der Waals surface area contributed by atoms with E-state index in [1.165, 1.54) is 11.1 Å². The molecule has 0 saturated heterocycles. The second-order valence-corrected chi connectivity index (χ2v) is 6.50. The van der Waals surface area contributed by atoms with Crippen molar-refractivity contribution in [3.8, 4) is 0 Å². The SMILES string of the molecule is CCC1=C(CC)C(N)(N)C=CC1C(=O)c1cccc(CC)c1CC. The van der Waals surface area contributed by atoms with Gasteiger partial charge in [-0.05, 0) is 48.5 Å². The summed E-state index contributed by atoms with van der Waals surface area (Å²) in [5.41, 5.74) is 16.9. The summed E-state index contributed by atoms with van der Waals surface area (Å²) >= 11 is 0. The molecular weight excluding hydrogens is 296 g/mol. The van der Waals surface area contributed by atoms with Gasteiger partial charge in [0.1, 0.15) is 5.66 Å². The predicted octanol–water partition coefficient (Wildman–Crippen LogP) is 3.91. The molecule has 0 radical (unpaired) electrons. The molecule has 0 bridgehead atoms. The highest BCUT2D eigenvalue weighted by atomic mass is 16.1. The van der Waals surface area contributed by atoms with E-state index in [-0.39, 0.29) is 11.7 Å². The third kappa shape index (κ3) is 3.24. The van der Waals surface area contributed by atoms with Crippen LogP contribution in [0.2, 0.25) is 0 Å². The lowest BCUT2D eigenvalue weighted by atomic mass is 9.76. The van der Waals surface area contributed by atoms with Crippen LogP contribution in [0.25, 0.3) is 0 Å². The summed E-state index contributed by atoms with van der Waals surface area (Å²) < 4.78 is 0. The molecule has 1 unspecified atom stereocenters. The summed E-state index contributed by atoms with van der Waals surface area (Å²) in [5, 5.41) is 0. The van der Waals surface area contributed by atoms with E-state index in [0.29, 0.717) is 0 Å². The molecule has 0 aliphatic heterocycles. The van der Waals surface area contributed by atoms with Crippen LogP contribution in [-0.2, 0) is 12.8 Å². The number of allylic oxidation sites excluding steroid dienone is 2. The topological polar surface area (TPSA) is 69.1 Å². The zero-order valence-electron chi connectivity index (χ0n) is 15.4. The Hall–Kier alpha value is -1.71. The Bertz CT molecular complexity index is 683. The van der Waals surface area contributed by atoms with Crippen molar-refractivity contribution in [2.75, 3.05) is 0 Å². The van der Waals surface area contributed by atoms with E-state index < -0.39 is 5.66 Å². The maximum Gasteiger partial charge on any atom is 0.174 e. The van der Waals surface area contributed by atoms with Crippen molar-refractivity contribution in [2.45, 2.75) is 59.0 Å². The number of ketones is 1. The number of nitrogens with two attached hydrogens (primary N) is 2. The summed E-state index contributed by atoms with van der Waals surface area (Å²) in [6, 6.07) is 6.06. The van der Waals surface area contributed by atoms with Crippen molar-refractivity contribution in [1.82, 2.24) is 0 Å². The average Bonchev–Trinajstić information content (AvgIpc) is 2.59. The molecule has 1 atom stereocenters. The Balaban J connectivity index is 2.53. The van der Waals surface area contributed by atoms with Crippen molar-refractivity contribution in [3.63, 3.8) is 0 Å². The van der Waals surface area contributed by atoms with Crippen LogP contribution in [0, 0.1) is 5.92 Å². The van der Waals surface area contributed by atoms with E-state index in [9.17, 15) is 4.79 Å². The fraction of sp³-hybridized carbons (Fsp3) is 0.476. The first-order chi connectivity index (χ1) is 11.4. The lowest BCUT2D eigenvalue weighted by molar-refractivity contribution is 0.0956. The zero-order valence-corrected chi connectivity index (χ0v) is 15.4. The van der Waals surface area contributed by atoms with Gasteiger partial charge in [-0.1, -0.05) is 57.5 Å². The minimum atomic E-state index is -0.935. The summed E-state index contributed by atoms with van der Waals surface area (Å²) in [6.45, 7) is 8.37. The zero-order chi connectivity index (χ0) is 17.9. The van der Waals surface area contributed by atoms with Crippen LogP contribution in [0.4, 0.5) is 0 Å². The molecule has 0 fully saturated rings. The summed E-state index contributed by atoms with van der Waals surface area (Å²) in [5.74, 6) is -0.0840. The van der Waals surface area contributed by atoms with Gasteiger partial charge in [0.15, 0.2) is 5.78 Å². The smallest absolute Gasteiger partial charge is 0.174 e. The van der Waals surface area contributed by atoms with Gasteiger partial charge in [0.2, 0.25) is 0 Å². The fourth-order valence-corrected chi connectivity index (χ4v) is 3.93. The molecule has 0 saturated carbocycles. The Morgan fingerprint density at radius 2 is 1.75 bits per heavy atom. The first-order valence-electron chi connectivity index (χ1n) is 9.05. The lowest BCUT2D eigenvalue weighted by Crippen LogP contribution is -2.51. The number of hydrogen-bond donors (Lipinski definition) is 2. The van der Waals surface area contributed by atoms with Crippen molar-refractivity contribution < 1.29 is 4.79 Å². The fourth-order valence-electron chi connectivity index (χ4n) is 3.93. The molecule has 1 aliphatic rings. The number of carbonyl (C=O) groups excluding carboxylic acids is 1. The number of rotatable bonds is 6. The number of carbonyl (C=O) groups is 1. The molecule has 0 aromatic heterocycles. The Kier molecular flexibility index (Phi) is 5.79. The van der Waals surface area contributed by atoms with Crippen LogP contribution in [-0.4, -0.2) is 11.4 Å². The molecule has 24 heavy (non-hydrogen) atoms. The monoisotopic (exact) mass is 326 g/mol. The van der Waals surface area contributed by atoms with Crippen molar-refractivity contribution in [1.29, 1.82) is 0 Å². The third-order valence-corrected chi connectivity index (χ3v) is 5.14. The quantitative estimate of drug-likeness (QED) is 0.473. The van der Waals surface area contributed by atoms with Crippen LogP contribution < -0.4 is 11.5 Å². The predicted molar refractivity (Wildman–Crippen MR) is 101 cm³/mol. The maximum absolute atomic E-state index is 13.3. The molecule has 2 rings (SSSR count). The van der Waals surface area contributed by atoms with E-state index in [4.69, 9.17) is 11.5 Å². The van der Waals surface area contributed by atoms with Gasteiger partial charge in [-0.25, -0.2) is 0 Å². The maximum atomic E-state index is 13.3. The van der Waals surface area contributed by atoms with Crippen LogP contribution in [0.15, 0.2) is 41.5 Å². The lowest BCUT2D eigenvalue weighted by Gasteiger charge is -2.34. The number of benzene rings is 1. The summed E-state index contributed by atoms with van der Waals surface area (Å²) in [4.78, 5) is 13.3. The highest BCUT2D eigenvalue weighted by Crippen LogP contribution is 2.35. The second kappa shape index (κ2) is 7.45. The number of hydrogen-bond acceptors (Lipinski definition) is 3. The van der Waals surface area contributed by atoms with E-state index in [1.54, 1.807) is 6.08 Å². The van der Waals surface area contributed by atoms with Crippen LogP contribution in [0.3, 0.4) is 0 Å². The molecule has 3 nitrogen and oxygen atoms in total. The number of aryl methyl sites for hydroxylation is 1. The summed E-state index contributed by atoms with van der Waals surface area (Å²) in [6.07, 6.45) is 7.05. The van der Waals surface area contributed by atoms with Crippen LogP contribution >= 0.6 is 0 Å². The van der Waals surface area contributed by atoms with Crippen LogP contribution in [0.1, 0.15) is 62.0 Å². The Morgan fingerprint density at radius 3 is 2.29 bits per heavy atom. The molecule has 0 heterocycles. The van der Waals surface area contributed by atoms with E-state index in [0.717, 1.165) is 42.4 Å². The molecule has 130 valence electrons. The molecule has 4 N–H and O–H groups in total. The van der Waals surface area contributed by atoms with E-state index >= 15 is 0 Å². The van der Waals surface area contributed by atoms with Crippen LogP contribution in [0.5, 0.6) is 0 Å². The first-order valence-corrected chi connectivity index (χ1v) is 9.05. The largest absolute Gasteiger partial charge is 0.307 e. The van der Waals surface area contributed by atoms with Gasteiger partial charge in [-0.2, -0.15) is 0 Å². The van der Waals surface area contributed by atoms with Gasteiger partial charge < -0.3 is 11.5 Å². The second-order valence-electron chi connectivity index (χ2n) is 6.50. The van der Waals surface area contributed by atoms with Gasteiger partial charge in [0, 0.05) is 5.56 Å². The standard InChI is InChI=1S/C21H30N2O/c1-5-14-10-9-11-17(15(14)6-2)20(24)18-12-13-21(22,23)19(8-4)16(18)7-3/h9-13,18H,5-8,22-23H2,1-4H3. The first kappa shape index (κ1) is 18.6. The average molecular weight is 326 g/mol. The van der Waals surface area contributed by atoms with Gasteiger partial charge in [-0.3, -0.25) is 4.79 Å². The van der Waals surface area contributed by atoms with E-state index in [1.807, 2.05) is 18.2 Å². The Morgan fingerprint density at radius 1 is 1.04 bits per heavy atom. The highest BCUT2D eigenvalue weighted by molar-refractivity contribution is 6.02. The van der Waals surface area contributed by atoms with E-state index in [2.05, 4.69) is 33.8 Å². The molecule has 1 aromatic carbocycles.